The number of nitrogens with zero attached hydrogens (tertiary/aromatic N) is 2. The Labute approximate surface area is 137 Å². The fourth-order valence-corrected chi connectivity index (χ4v) is 3.53. The third-order valence-corrected chi connectivity index (χ3v) is 4.69. The van der Waals surface area contributed by atoms with Gasteiger partial charge in [-0.3, -0.25) is 9.59 Å². The summed E-state index contributed by atoms with van der Waals surface area (Å²) in [5, 5.41) is 2.32. The van der Waals surface area contributed by atoms with Crippen molar-refractivity contribution in [3.8, 4) is 11.4 Å². The van der Waals surface area contributed by atoms with Gasteiger partial charge in [0.05, 0.1) is 23.4 Å². The van der Waals surface area contributed by atoms with E-state index in [2.05, 4.69) is 6.07 Å². The van der Waals surface area contributed by atoms with Gasteiger partial charge in [-0.25, -0.2) is 4.98 Å². The normalized spacial score (nSPS) is 12.3. The predicted molar refractivity (Wildman–Crippen MR) is 93.4 cm³/mol. The SMILES string of the molecule is O=Cc1cccc2c(=O)n3c(cc12)-c1nc2ccccc2cc1C3. The zero-order chi connectivity index (χ0) is 16.3. The quantitative estimate of drug-likeness (QED) is 0.446. The van der Waals surface area contributed by atoms with E-state index in [-0.39, 0.29) is 5.56 Å². The maximum Gasteiger partial charge on any atom is 0.259 e. The topological polar surface area (TPSA) is 52.0 Å². The molecule has 0 fully saturated rings. The Hall–Kier alpha value is -3.27. The van der Waals surface area contributed by atoms with Crippen molar-refractivity contribution in [1.82, 2.24) is 9.55 Å². The molecule has 0 radical (unpaired) electrons. The molecule has 0 saturated carbocycles. The summed E-state index contributed by atoms with van der Waals surface area (Å²) in [5.41, 5.74) is 4.00. The van der Waals surface area contributed by atoms with Crippen LogP contribution >= 0.6 is 0 Å². The average Bonchev–Trinajstić information content (AvgIpc) is 2.97. The third kappa shape index (κ3) is 1.65. The monoisotopic (exact) mass is 312 g/mol. The van der Waals surface area contributed by atoms with Gasteiger partial charge in [-0.1, -0.05) is 30.3 Å². The number of aromatic nitrogens is 2. The second kappa shape index (κ2) is 4.61. The molecule has 5 rings (SSSR count). The predicted octanol–water partition coefficient (Wildman–Crippen LogP) is 3.39. The van der Waals surface area contributed by atoms with Crippen molar-refractivity contribution in [2.45, 2.75) is 6.54 Å². The molecule has 0 aliphatic carbocycles. The summed E-state index contributed by atoms with van der Waals surface area (Å²) in [5.74, 6) is 0. The first-order valence-corrected chi connectivity index (χ1v) is 7.77. The Kier molecular flexibility index (Phi) is 2.54. The Bertz CT molecular complexity index is 1220. The van der Waals surface area contributed by atoms with Gasteiger partial charge < -0.3 is 4.57 Å². The zero-order valence-electron chi connectivity index (χ0n) is 12.7. The van der Waals surface area contributed by atoms with Crippen LogP contribution in [0.15, 0.2) is 59.4 Å². The second-order valence-electron chi connectivity index (χ2n) is 6.04. The van der Waals surface area contributed by atoms with Crippen LogP contribution in [0.3, 0.4) is 0 Å². The summed E-state index contributed by atoms with van der Waals surface area (Å²) >= 11 is 0. The lowest BCUT2D eigenvalue weighted by Gasteiger charge is -2.07. The first-order chi connectivity index (χ1) is 11.8. The van der Waals surface area contributed by atoms with Crippen LogP contribution < -0.4 is 5.56 Å². The number of para-hydroxylation sites is 1. The fourth-order valence-electron chi connectivity index (χ4n) is 3.53. The molecule has 0 amide bonds. The highest BCUT2D eigenvalue weighted by Gasteiger charge is 2.23. The van der Waals surface area contributed by atoms with Crippen LogP contribution in [0.4, 0.5) is 0 Å². The van der Waals surface area contributed by atoms with Crippen molar-refractivity contribution >= 4 is 28.0 Å². The summed E-state index contributed by atoms with van der Waals surface area (Å²) in [7, 11) is 0. The van der Waals surface area contributed by atoms with Gasteiger partial charge in [-0.15, -0.1) is 0 Å². The average molecular weight is 312 g/mol. The Morgan fingerprint density at radius 3 is 2.75 bits per heavy atom. The second-order valence-corrected chi connectivity index (χ2v) is 6.04. The number of carbonyl (C=O) groups excluding carboxylic acids is 1. The van der Waals surface area contributed by atoms with Crippen molar-refractivity contribution in [3.63, 3.8) is 0 Å². The van der Waals surface area contributed by atoms with Gasteiger partial charge >= 0.3 is 0 Å². The van der Waals surface area contributed by atoms with E-state index in [1.165, 1.54) is 0 Å². The van der Waals surface area contributed by atoms with E-state index >= 15 is 0 Å². The highest BCUT2D eigenvalue weighted by molar-refractivity contribution is 5.99. The molecule has 0 N–H and O–H groups in total. The Morgan fingerprint density at radius 1 is 1.00 bits per heavy atom. The van der Waals surface area contributed by atoms with E-state index in [0.717, 1.165) is 34.1 Å². The standard InChI is InChI=1S/C20H12N2O2/c23-11-13-5-3-6-15-16(13)9-18-19-14(10-22(18)20(15)24)8-12-4-1-2-7-17(12)21-19/h1-9,11H,10H2. The highest BCUT2D eigenvalue weighted by Crippen LogP contribution is 2.33. The van der Waals surface area contributed by atoms with Gasteiger partial charge in [0, 0.05) is 21.9 Å². The fraction of sp³-hybridized carbons (Fsp3) is 0.0500. The van der Waals surface area contributed by atoms with Crippen molar-refractivity contribution < 1.29 is 4.79 Å². The van der Waals surface area contributed by atoms with Crippen molar-refractivity contribution in [3.05, 3.63) is 76.1 Å². The molecule has 4 heteroatoms. The molecule has 1 aliphatic heterocycles. The third-order valence-electron chi connectivity index (χ3n) is 4.69. The Morgan fingerprint density at radius 2 is 1.88 bits per heavy atom. The minimum Gasteiger partial charge on any atom is -0.302 e. The molecule has 24 heavy (non-hydrogen) atoms. The van der Waals surface area contributed by atoms with Crippen LogP contribution in [0.25, 0.3) is 33.1 Å². The summed E-state index contributed by atoms with van der Waals surface area (Å²) < 4.78 is 1.74. The van der Waals surface area contributed by atoms with Gasteiger partial charge in [-0.05, 0) is 29.7 Å². The molecule has 1 aliphatic rings. The van der Waals surface area contributed by atoms with Gasteiger partial charge in [0.25, 0.3) is 5.56 Å². The molecule has 2 aromatic heterocycles. The van der Waals surface area contributed by atoms with Crippen LogP contribution in [0, 0.1) is 0 Å². The number of hydrogen-bond acceptors (Lipinski definition) is 3. The van der Waals surface area contributed by atoms with Crippen molar-refractivity contribution in [1.29, 1.82) is 0 Å². The molecule has 114 valence electrons. The lowest BCUT2D eigenvalue weighted by atomic mass is 10.0. The number of rotatable bonds is 1. The molecule has 0 atom stereocenters. The van der Waals surface area contributed by atoms with Gasteiger partial charge in [-0.2, -0.15) is 0 Å². The van der Waals surface area contributed by atoms with E-state index in [9.17, 15) is 9.59 Å². The zero-order valence-corrected chi connectivity index (χ0v) is 12.7. The summed E-state index contributed by atoms with van der Waals surface area (Å²) in [6.45, 7) is 0.516. The van der Waals surface area contributed by atoms with Gasteiger partial charge in [0.1, 0.15) is 0 Å². The summed E-state index contributed by atoms with van der Waals surface area (Å²) in [6, 6.07) is 17.2. The van der Waals surface area contributed by atoms with Crippen LogP contribution in [-0.2, 0) is 6.54 Å². The maximum absolute atomic E-state index is 12.9. The first-order valence-electron chi connectivity index (χ1n) is 7.77. The summed E-state index contributed by atoms with van der Waals surface area (Å²) in [6.07, 6.45) is 0.794. The first kappa shape index (κ1) is 13.2. The number of carbonyl (C=O) groups is 1. The highest BCUT2D eigenvalue weighted by atomic mass is 16.1. The van der Waals surface area contributed by atoms with Gasteiger partial charge in [0.15, 0.2) is 6.29 Å². The number of pyridine rings is 2. The largest absolute Gasteiger partial charge is 0.302 e. The molecule has 4 aromatic rings. The number of hydrogen-bond donors (Lipinski definition) is 0. The molecule has 4 nitrogen and oxygen atoms in total. The molecular formula is C20H12N2O2. The minimum absolute atomic E-state index is 0.0757. The van der Waals surface area contributed by atoms with E-state index in [0.29, 0.717) is 22.9 Å². The molecule has 2 aromatic carbocycles. The number of aldehydes is 1. The molecule has 3 heterocycles. The molecule has 0 unspecified atom stereocenters. The van der Waals surface area contributed by atoms with Crippen LogP contribution in [-0.4, -0.2) is 15.8 Å². The van der Waals surface area contributed by atoms with Crippen LogP contribution in [0.2, 0.25) is 0 Å². The maximum atomic E-state index is 12.9. The number of benzene rings is 2. The van der Waals surface area contributed by atoms with E-state index in [1.807, 2.05) is 30.3 Å². The Balaban J connectivity index is 1.90. The lowest BCUT2D eigenvalue weighted by molar-refractivity contribution is 0.112. The number of fused-ring (bicyclic) bond motifs is 5. The summed E-state index contributed by atoms with van der Waals surface area (Å²) in [4.78, 5) is 28.9. The molecule has 0 spiro atoms. The smallest absolute Gasteiger partial charge is 0.259 e. The van der Waals surface area contributed by atoms with E-state index in [1.54, 1.807) is 22.8 Å². The van der Waals surface area contributed by atoms with E-state index in [4.69, 9.17) is 4.98 Å². The van der Waals surface area contributed by atoms with Gasteiger partial charge in [0.2, 0.25) is 0 Å². The van der Waals surface area contributed by atoms with E-state index < -0.39 is 0 Å². The molecule has 0 bridgehead atoms. The minimum atomic E-state index is -0.0757. The van der Waals surface area contributed by atoms with Crippen molar-refractivity contribution in [2.75, 3.05) is 0 Å². The van der Waals surface area contributed by atoms with Crippen molar-refractivity contribution in [2.24, 2.45) is 0 Å². The van der Waals surface area contributed by atoms with Crippen LogP contribution in [0.5, 0.6) is 0 Å². The molecular weight excluding hydrogens is 300 g/mol. The van der Waals surface area contributed by atoms with Crippen LogP contribution in [0.1, 0.15) is 15.9 Å². The lowest BCUT2D eigenvalue weighted by Crippen LogP contribution is -2.19. The molecule has 0 saturated heterocycles.